The van der Waals surface area contributed by atoms with Gasteiger partial charge in [0.15, 0.2) is 5.88 Å². The maximum Gasteiger partial charge on any atom is 0.251 e. The van der Waals surface area contributed by atoms with Crippen LogP contribution in [0.15, 0.2) is 77.8 Å². The van der Waals surface area contributed by atoms with Gasteiger partial charge in [0.05, 0.1) is 23.5 Å². The van der Waals surface area contributed by atoms with E-state index in [-0.39, 0.29) is 17.7 Å². The molecule has 2 heterocycles. The van der Waals surface area contributed by atoms with Crippen molar-refractivity contribution in [1.29, 1.82) is 0 Å². The highest BCUT2D eigenvalue weighted by Crippen LogP contribution is 2.32. The molecule has 10 nitrogen and oxygen atoms in total. The highest BCUT2D eigenvalue weighted by atomic mass is 16.3. The van der Waals surface area contributed by atoms with Gasteiger partial charge in [0.1, 0.15) is 0 Å². The Hall–Kier alpha value is -4.51. The van der Waals surface area contributed by atoms with Gasteiger partial charge in [-0.3, -0.25) is 14.5 Å². The molecule has 0 radical (unpaired) electrons. The van der Waals surface area contributed by atoms with Crippen molar-refractivity contribution in [2.75, 3.05) is 64.8 Å². The first-order chi connectivity index (χ1) is 20.8. The number of hydrogen-bond acceptors (Lipinski definition) is 7. The van der Waals surface area contributed by atoms with Crippen LogP contribution in [0.1, 0.15) is 27.9 Å². The lowest BCUT2D eigenvalue weighted by molar-refractivity contribution is -0.119. The lowest BCUT2D eigenvalue weighted by Gasteiger charge is -2.32. The zero-order valence-electron chi connectivity index (χ0n) is 24.7. The standard InChI is InChI=1S/C33H39N7O3/c1-38-17-19-40(20-18-38)22-29(41)39(2)26-12-10-25(11-13-26)36-31(23-7-4-3-5-8-23)30-27-14-9-24(21-28(27)37-33(30)43)32(42)35-16-6-15-34/h3-5,7-14,21,37,43H,6,15-20,22,34H2,1-2H3,(H,35,42). The fourth-order valence-corrected chi connectivity index (χ4v) is 5.16. The van der Waals surface area contributed by atoms with E-state index in [4.69, 9.17) is 10.7 Å². The van der Waals surface area contributed by atoms with Crippen LogP contribution in [-0.4, -0.2) is 97.3 Å². The van der Waals surface area contributed by atoms with Crippen LogP contribution in [0.2, 0.25) is 0 Å². The van der Waals surface area contributed by atoms with Crippen LogP contribution in [0.4, 0.5) is 11.4 Å². The number of aliphatic imine (C=N–C) groups is 1. The third kappa shape index (κ3) is 7.11. The summed E-state index contributed by atoms with van der Waals surface area (Å²) in [6.45, 7) is 5.09. The van der Waals surface area contributed by atoms with Gasteiger partial charge in [0.25, 0.3) is 5.91 Å². The third-order valence-corrected chi connectivity index (χ3v) is 7.80. The lowest BCUT2D eigenvalue weighted by atomic mass is 10.00. The number of carbonyl (C=O) groups is 2. The topological polar surface area (TPSA) is 130 Å². The first-order valence-electron chi connectivity index (χ1n) is 14.6. The zero-order valence-corrected chi connectivity index (χ0v) is 24.7. The summed E-state index contributed by atoms with van der Waals surface area (Å²) in [6.07, 6.45) is 0.697. The fourth-order valence-electron chi connectivity index (χ4n) is 5.16. The summed E-state index contributed by atoms with van der Waals surface area (Å²) in [6, 6.07) is 22.4. The molecule has 0 atom stereocenters. The number of nitrogens with one attached hydrogen (secondary N) is 2. The van der Waals surface area contributed by atoms with Crippen LogP contribution >= 0.6 is 0 Å². The van der Waals surface area contributed by atoms with Gasteiger partial charge in [-0.05, 0) is 56.4 Å². The second-order valence-corrected chi connectivity index (χ2v) is 10.9. The van der Waals surface area contributed by atoms with E-state index in [9.17, 15) is 14.7 Å². The Balaban J connectivity index is 1.41. The van der Waals surface area contributed by atoms with Crippen LogP contribution in [0.25, 0.3) is 10.9 Å². The zero-order chi connectivity index (χ0) is 30.3. The number of benzene rings is 3. The number of fused-ring (bicyclic) bond motifs is 1. The van der Waals surface area contributed by atoms with Crippen molar-refractivity contribution in [3.05, 3.63) is 89.5 Å². The molecule has 1 aromatic heterocycles. The van der Waals surface area contributed by atoms with E-state index in [1.165, 1.54) is 0 Å². The van der Waals surface area contributed by atoms with Crippen LogP contribution in [0.3, 0.4) is 0 Å². The molecular formula is C33H39N7O3. The molecule has 2 amide bonds. The highest BCUT2D eigenvalue weighted by Gasteiger charge is 2.21. The Labute approximate surface area is 251 Å². The van der Waals surface area contributed by atoms with Gasteiger partial charge in [0, 0.05) is 67.5 Å². The van der Waals surface area contributed by atoms with Gasteiger partial charge in [-0.1, -0.05) is 36.4 Å². The predicted molar refractivity (Wildman–Crippen MR) is 171 cm³/mol. The van der Waals surface area contributed by atoms with Gasteiger partial charge >= 0.3 is 0 Å². The molecule has 1 saturated heterocycles. The van der Waals surface area contributed by atoms with Crippen molar-refractivity contribution < 1.29 is 14.7 Å². The number of nitrogens with two attached hydrogens (primary N) is 1. The number of rotatable bonds is 10. The summed E-state index contributed by atoms with van der Waals surface area (Å²) in [4.78, 5) is 39.7. The molecule has 0 aliphatic carbocycles. The Morgan fingerprint density at radius 3 is 2.42 bits per heavy atom. The monoisotopic (exact) mass is 581 g/mol. The summed E-state index contributed by atoms with van der Waals surface area (Å²) in [5.41, 5.74) is 10.0. The van der Waals surface area contributed by atoms with Crippen LogP contribution in [0, 0.1) is 0 Å². The van der Waals surface area contributed by atoms with Crippen molar-refractivity contribution in [2.45, 2.75) is 6.42 Å². The number of carbonyl (C=O) groups excluding carboxylic acids is 2. The molecule has 0 saturated carbocycles. The minimum atomic E-state index is -0.199. The normalized spacial score (nSPS) is 14.6. The maximum absolute atomic E-state index is 13.0. The summed E-state index contributed by atoms with van der Waals surface area (Å²) in [7, 11) is 3.89. The van der Waals surface area contributed by atoms with Gasteiger partial charge in [-0.25, -0.2) is 4.99 Å². The van der Waals surface area contributed by atoms with Crippen molar-refractivity contribution >= 4 is 39.8 Å². The number of piperazine rings is 1. The molecule has 224 valence electrons. The fraction of sp³-hybridized carbons (Fsp3) is 0.303. The highest BCUT2D eigenvalue weighted by molar-refractivity contribution is 6.22. The van der Waals surface area contributed by atoms with E-state index in [0.717, 1.165) is 42.8 Å². The minimum Gasteiger partial charge on any atom is -0.494 e. The Morgan fingerprint density at radius 1 is 1.00 bits per heavy atom. The van der Waals surface area contributed by atoms with Crippen molar-refractivity contribution in [3.63, 3.8) is 0 Å². The maximum atomic E-state index is 13.0. The SMILES string of the molecule is CN1CCN(CC(=O)N(C)c2ccc(N=C(c3ccccc3)c3c(O)[nH]c4cc(C(=O)NCCCN)ccc34)cc2)CC1. The number of nitrogens with zero attached hydrogens (tertiary/aromatic N) is 4. The van der Waals surface area contributed by atoms with Crippen LogP contribution < -0.4 is 16.0 Å². The predicted octanol–water partition coefficient (Wildman–Crippen LogP) is 3.33. The minimum absolute atomic E-state index is 0.0378. The molecule has 1 aliphatic heterocycles. The molecule has 0 spiro atoms. The summed E-state index contributed by atoms with van der Waals surface area (Å²) in [5, 5.41) is 14.7. The lowest BCUT2D eigenvalue weighted by Crippen LogP contribution is -2.48. The molecule has 5 rings (SSSR count). The Bertz CT molecular complexity index is 1590. The van der Waals surface area contributed by atoms with Gasteiger partial charge < -0.3 is 30.9 Å². The number of aromatic nitrogens is 1. The third-order valence-electron chi connectivity index (χ3n) is 7.80. The Morgan fingerprint density at radius 2 is 1.72 bits per heavy atom. The van der Waals surface area contributed by atoms with Crippen molar-refractivity contribution in [2.24, 2.45) is 10.7 Å². The molecule has 1 aliphatic rings. The summed E-state index contributed by atoms with van der Waals surface area (Å²) < 4.78 is 0. The molecule has 1 fully saturated rings. The van der Waals surface area contributed by atoms with Crippen LogP contribution in [0.5, 0.6) is 5.88 Å². The number of anilines is 1. The molecule has 5 N–H and O–H groups in total. The quantitative estimate of drug-likeness (QED) is 0.168. The summed E-state index contributed by atoms with van der Waals surface area (Å²) in [5.74, 6) is -0.193. The molecule has 3 aromatic carbocycles. The van der Waals surface area contributed by atoms with Crippen molar-refractivity contribution in [3.8, 4) is 5.88 Å². The van der Waals surface area contributed by atoms with E-state index in [2.05, 4.69) is 27.1 Å². The molecular weight excluding hydrogens is 542 g/mol. The summed E-state index contributed by atoms with van der Waals surface area (Å²) >= 11 is 0. The van der Waals surface area contributed by atoms with Gasteiger partial charge in [0.2, 0.25) is 5.91 Å². The first kappa shape index (κ1) is 30.0. The average molecular weight is 582 g/mol. The number of aromatic hydroxyl groups is 1. The number of hydrogen-bond donors (Lipinski definition) is 4. The van der Waals surface area contributed by atoms with E-state index in [1.54, 1.807) is 24.1 Å². The number of amides is 2. The number of H-pyrrole nitrogens is 1. The Kier molecular flexibility index (Phi) is 9.51. The molecule has 4 aromatic rings. The van der Waals surface area contributed by atoms with Crippen LogP contribution in [-0.2, 0) is 4.79 Å². The molecule has 0 unspecified atom stereocenters. The molecule has 0 bridgehead atoms. The average Bonchev–Trinajstić information content (AvgIpc) is 3.36. The largest absolute Gasteiger partial charge is 0.494 e. The van der Waals surface area contributed by atoms with E-state index < -0.39 is 0 Å². The number of aromatic amines is 1. The first-order valence-corrected chi connectivity index (χ1v) is 14.6. The van der Waals surface area contributed by atoms with Gasteiger partial charge in [-0.15, -0.1) is 0 Å². The van der Waals surface area contributed by atoms with E-state index in [0.29, 0.717) is 54.1 Å². The van der Waals surface area contributed by atoms with Crippen molar-refractivity contribution in [1.82, 2.24) is 20.1 Å². The smallest absolute Gasteiger partial charge is 0.251 e. The number of likely N-dealkylation sites (N-methyl/N-ethyl adjacent to an activating group) is 2. The molecule has 43 heavy (non-hydrogen) atoms. The van der Waals surface area contributed by atoms with Gasteiger partial charge in [-0.2, -0.15) is 0 Å². The van der Waals surface area contributed by atoms with E-state index in [1.807, 2.05) is 60.7 Å². The second-order valence-electron chi connectivity index (χ2n) is 10.9. The molecule has 10 heteroatoms. The van der Waals surface area contributed by atoms with E-state index >= 15 is 0 Å². The second kappa shape index (κ2) is 13.6.